The van der Waals surface area contributed by atoms with Gasteiger partial charge in [0.05, 0.1) is 12.7 Å². The summed E-state index contributed by atoms with van der Waals surface area (Å²) in [7, 11) is 0. The van der Waals surface area contributed by atoms with Gasteiger partial charge < -0.3 is 35.3 Å². The van der Waals surface area contributed by atoms with Gasteiger partial charge in [0.25, 0.3) is 5.91 Å². The highest BCUT2D eigenvalue weighted by molar-refractivity contribution is 6.00. The van der Waals surface area contributed by atoms with E-state index in [0.29, 0.717) is 55.8 Å². The normalized spacial score (nSPS) is 18.8. The first kappa shape index (κ1) is 34.7. The van der Waals surface area contributed by atoms with E-state index < -0.39 is 23.8 Å². The third kappa shape index (κ3) is 9.60. The third-order valence-electron chi connectivity index (χ3n) is 8.40. The van der Waals surface area contributed by atoms with Crippen LogP contribution in [0.1, 0.15) is 90.8 Å². The Balaban J connectivity index is 1.58. The number of carbonyl (C=O) groups is 3. The van der Waals surface area contributed by atoms with Gasteiger partial charge in [-0.3, -0.25) is 9.59 Å². The van der Waals surface area contributed by atoms with Crippen molar-refractivity contribution in [1.29, 1.82) is 5.26 Å². The molecular formula is C33H49N6O5-. The first-order chi connectivity index (χ1) is 20.7. The van der Waals surface area contributed by atoms with Crippen LogP contribution < -0.4 is 15.4 Å². The Hall–Kier alpha value is -3.81. The Bertz CT molecular complexity index is 1230. The van der Waals surface area contributed by atoms with Gasteiger partial charge in [-0.25, -0.2) is 4.79 Å². The number of likely N-dealkylation sites (tertiary alicyclic amines) is 2. The van der Waals surface area contributed by atoms with E-state index in [1.807, 2.05) is 26.8 Å². The minimum absolute atomic E-state index is 0.00781. The quantitative estimate of drug-likeness (QED) is 0.278. The topological polar surface area (TPSA) is 146 Å². The molecule has 1 aromatic rings. The maximum Gasteiger partial charge on any atom is 0.408 e. The number of urea groups is 1. The van der Waals surface area contributed by atoms with Crippen molar-refractivity contribution in [3.05, 3.63) is 34.7 Å². The van der Waals surface area contributed by atoms with Crippen LogP contribution in [0.5, 0.6) is 5.75 Å². The Labute approximate surface area is 262 Å². The van der Waals surface area contributed by atoms with Crippen LogP contribution in [0.15, 0.2) is 18.2 Å². The number of aryl methyl sites for hydroxylation is 1. The number of nitriles is 1. The molecule has 1 aromatic carbocycles. The molecule has 4 amide bonds. The highest BCUT2D eigenvalue weighted by Crippen LogP contribution is 2.30. The fraction of sp³-hybridized carbons (Fsp3) is 0.667. The van der Waals surface area contributed by atoms with Gasteiger partial charge in [-0.05, 0) is 101 Å². The zero-order chi connectivity index (χ0) is 32.6. The first-order valence-corrected chi connectivity index (χ1v) is 15.7. The van der Waals surface area contributed by atoms with Crippen LogP contribution in [0.3, 0.4) is 0 Å². The van der Waals surface area contributed by atoms with Crippen molar-refractivity contribution >= 4 is 23.9 Å². The molecule has 0 aliphatic carbocycles. The van der Waals surface area contributed by atoms with Crippen LogP contribution in [-0.4, -0.2) is 71.6 Å². The van der Waals surface area contributed by atoms with E-state index in [-0.39, 0.29) is 23.7 Å². The molecule has 2 fully saturated rings. The first-order valence-electron chi connectivity index (χ1n) is 15.7. The van der Waals surface area contributed by atoms with Gasteiger partial charge in [0.1, 0.15) is 23.4 Å². The number of piperidine rings is 1. The van der Waals surface area contributed by atoms with Crippen LogP contribution in [0.2, 0.25) is 0 Å². The summed E-state index contributed by atoms with van der Waals surface area (Å²) in [5.41, 5.74) is 0.677. The summed E-state index contributed by atoms with van der Waals surface area (Å²) in [5, 5.41) is 24.7. The molecule has 0 radical (unpaired) electrons. The second-order valence-corrected chi connectivity index (χ2v) is 13.3. The molecule has 44 heavy (non-hydrogen) atoms. The number of amidine groups is 1. The Kier molecular flexibility index (Phi) is 12.0. The summed E-state index contributed by atoms with van der Waals surface area (Å²) in [4.78, 5) is 42.0. The average Bonchev–Trinajstić information content (AvgIpc) is 3.44. The number of rotatable bonds is 9. The van der Waals surface area contributed by atoms with Gasteiger partial charge in [0.15, 0.2) is 0 Å². The van der Waals surface area contributed by atoms with Crippen LogP contribution in [0, 0.1) is 36.0 Å². The lowest BCUT2D eigenvalue weighted by Gasteiger charge is -2.37. The van der Waals surface area contributed by atoms with Crippen molar-refractivity contribution in [2.75, 3.05) is 26.2 Å². The van der Waals surface area contributed by atoms with Crippen molar-refractivity contribution in [3.8, 4) is 11.8 Å². The molecular weight excluding hydrogens is 560 g/mol. The number of benzene rings is 1. The van der Waals surface area contributed by atoms with Gasteiger partial charge in [-0.2, -0.15) is 5.26 Å². The number of amides is 4. The minimum Gasteiger partial charge on any atom is -0.494 e. The lowest BCUT2D eigenvalue weighted by molar-refractivity contribution is -0.133. The van der Waals surface area contributed by atoms with Crippen molar-refractivity contribution in [2.24, 2.45) is 17.8 Å². The van der Waals surface area contributed by atoms with Crippen LogP contribution in [-0.2, 0) is 9.53 Å². The molecule has 0 aromatic heterocycles. The minimum atomic E-state index is -0.993. The Morgan fingerprint density at radius 2 is 1.80 bits per heavy atom. The van der Waals surface area contributed by atoms with E-state index >= 15 is 0 Å². The van der Waals surface area contributed by atoms with E-state index in [2.05, 4.69) is 23.6 Å². The molecule has 0 spiro atoms. The summed E-state index contributed by atoms with van der Waals surface area (Å²) in [5.74, 6) is 1.09. The molecule has 242 valence electrons. The fourth-order valence-electron chi connectivity index (χ4n) is 5.69. The zero-order valence-corrected chi connectivity index (χ0v) is 27.3. The zero-order valence-electron chi connectivity index (χ0n) is 27.3. The van der Waals surface area contributed by atoms with Gasteiger partial charge in [-0.1, -0.05) is 32.7 Å². The molecule has 11 nitrogen and oxygen atoms in total. The number of alkyl carbamates (subject to hydrolysis) is 1. The predicted molar refractivity (Wildman–Crippen MR) is 169 cm³/mol. The van der Waals surface area contributed by atoms with Gasteiger partial charge in [0, 0.05) is 19.6 Å². The van der Waals surface area contributed by atoms with Crippen molar-refractivity contribution in [1.82, 2.24) is 20.4 Å². The largest absolute Gasteiger partial charge is 0.494 e. The number of hydrogen-bond acceptors (Lipinski definition) is 6. The lowest BCUT2D eigenvalue weighted by atomic mass is 9.84. The van der Waals surface area contributed by atoms with E-state index in [0.717, 1.165) is 31.2 Å². The average molecular weight is 610 g/mol. The molecule has 11 heteroatoms. The maximum atomic E-state index is 13.6. The fourth-order valence-corrected chi connectivity index (χ4v) is 5.69. The molecule has 0 bridgehead atoms. The van der Waals surface area contributed by atoms with Gasteiger partial charge in [-0.15, -0.1) is 0 Å². The predicted octanol–water partition coefficient (Wildman–Crippen LogP) is 5.53. The molecule has 2 aliphatic heterocycles. The second kappa shape index (κ2) is 15.3. The molecule has 2 heterocycles. The van der Waals surface area contributed by atoms with Crippen LogP contribution in [0.25, 0.3) is 5.41 Å². The molecule has 2 saturated heterocycles. The standard InChI is InChI=1S/C33H49N6O5/c1-21(2)29(35)37-31(41)38-16-12-24(13-17-38)22(3)14-18-43-26-10-11-27(23(4)19-26)28(36-32(42)44-33(5,6)7)30(40)39-15-8-9-25(39)20-34/h10-11,19,21-22,24-25,28H,8-9,12-18H2,1-7H3,(H2-,35,36,37,41,42)/q-1/t22-,25+,28+/m1/s1. The second-order valence-electron chi connectivity index (χ2n) is 13.3. The molecule has 3 atom stereocenters. The van der Waals surface area contributed by atoms with Crippen molar-refractivity contribution in [2.45, 2.75) is 98.3 Å². The molecule has 0 saturated carbocycles. The SMILES string of the molecule is Cc1cc(OCC[C@@H](C)C2CCN(C(=O)NC(=[N-])C(C)C)CC2)ccc1[C@H](NC(=O)OC(C)(C)C)C(=O)N1CCC[C@H]1C#N. The Morgan fingerprint density at radius 1 is 1.11 bits per heavy atom. The van der Waals surface area contributed by atoms with E-state index in [1.165, 1.54) is 4.90 Å². The van der Waals surface area contributed by atoms with Crippen LogP contribution in [0.4, 0.5) is 9.59 Å². The number of hydrogen-bond donors (Lipinski definition) is 2. The van der Waals surface area contributed by atoms with Gasteiger partial charge >= 0.3 is 6.09 Å². The van der Waals surface area contributed by atoms with Gasteiger partial charge in [0.2, 0.25) is 6.03 Å². The summed E-state index contributed by atoms with van der Waals surface area (Å²) >= 11 is 0. The summed E-state index contributed by atoms with van der Waals surface area (Å²) < 4.78 is 11.5. The number of carbonyl (C=O) groups excluding carboxylic acids is 3. The van der Waals surface area contributed by atoms with Crippen molar-refractivity contribution in [3.63, 3.8) is 0 Å². The third-order valence-corrected chi connectivity index (χ3v) is 8.40. The molecule has 2 N–H and O–H groups in total. The number of nitrogens with zero attached hydrogens (tertiary/aromatic N) is 4. The molecule has 3 rings (SSSR count). The number of nitrogens with one attached hydrogen (secondary N) is 2. The molecule has 2 aliphatic rings. The van der Waals surface area contributed by atoms with E-state index in [9.17, 15) is 25.1 Å². The highest BCUT2D eigenvalue weighted by atomic mass is 16.6. The highest BCUT2D eigenvalue weighted by Gasteiger charge is 2.36. The Morgan fingerprint density at radius 3 is 2.39 bits per heavy atom. The lowest BCUT2D eigenvalue weighted by Crippen LogP contribution is -2.47. The molecule has 0 unspecified atom stereocenters. The van der Waals surface area contributed by atoms with E-state index in [1.54, 1.807) is 37.8 Å². The van der Waals surface area contributed by atoms with Crippen LogP contribution >= 0.6 is 0 Å². The maximum absolute atomic E-state index is 13.6. The number of ether oxygens (including phenoxy) is 2. The van der Waals surface area contributed by atoms with Crippen molar-refractivity contribution < 1.29 is 23.9 Å². The monoisotopic (exact) mass is 609 g/mol. The summed E-state index contributed by atoms with van der Waals surface area (Å²) in [6.45, 7) is 15.3. The smallest absolute Gasteiger partial charge is 0.408 e. The van der Waals surface area contributed by atoms with E-state index in [4.69, 9.17) is 9.47 Å². The summed E-state index contributed by atoms with van der Waals surface area (Å²) in [6.07, 6.45) is 3.30. The summed E-state index contributed by atoms with van der Waals surface area (Å²) in [6, 6.07) is 5.90.